The highest BCUT2D eigenvalue weighted by atomic mass is 32.2. The fourth-order valence-corrected chi connectivity index (χ4v) is 4.23. The number of H-pyrrole nitrogens is 1. The first kappa shape index (κ1) is 16.0. The molecule has 2 aliphatic rings. The molecule has 8 heteroatoms. The zero-order valence-electron chi connectivity index (χ0n) is 14.0. The lowest BCUT2D eigenvalue weighted by atomic mass is 9.65. The summed E-state index contributed by atoms with van der Waals surface area (Å²) in [6.45, 7) is 2.20. The van der Waals surface area contributed by atoms with E-state index in [4.69, 9.17) is 5.10 Å². The molecule has 126 valence electrons. The van der Waals surface area contributed by atoms with Crippen molar-refractivity contribution in [2.24, 2.45) is 11.0 Å². The van der Waals surface area contributed by atoms with Crippen molar-refractivity contribution in [2.45, 2.75) is 32.2 Å². The van der Waals surface area contributed by atoms with Gasteiger partial charge >= 0.3 is 7.05 Å². The molecule has 24 heavy (non-hydrogen) atoms. The van der Waals surface area contributed by atoms with Crippen LogP contribution in [-0.2, 0) is 0 Å². The van der Waals surface area contributed by atoms with Crippen molar-refractivity contribution < 1.29 is 5.02 Å². The molecule has 0 saturated heterocycles. The standard InChI is InChI=1S/C16H22BN5OS/c1-3-6-24-21-11-7-10(8-11)15-14-12-4-5-18-16(12)19-9-13(14)17(23)22(2)20-15/h4-5,9-11,21,23H,3,6-8H2,1-2H3,(H,18,19). The molecule has 1 saturated carbocycles. The van der Waals surface area contributed by atoms with Gasteiger partial charge in [-0.3, -0.25) is 4.72 Å². The van der Waals surface area contributed by atoms with Crippen LogP contribution in [0.2, 0.25) is 0 Å². The van der Waals surface area contributed by atoms with Crippen LogP contribution < -0.4 is 10.2 Å². The van der Waals surface area contributed by atoms with Crippen molar-refractivity contribution in [3.05, 3.63) is 24.0 Å². The van der Waals surface area contributed by atoms with Gasteiger partial charge < -0.3 is 14.9 Å². The molecule has 6 nitrogen and oxygen atoms in total. The van der Waals surface area contributed by atoms with Crippen LogP contribution in [0.25, 0.3) is 11.0 Å². The lowest BCUT2D eigenvalue weighted by Gasteiger charge is -2.39. The van der Waals surface area contributed by atoms with E-state index in [0.717, 1.165) is 46.4 Å². The van der Waals surface area contributed by atoms with Crippen molar-refractivity contribution in [2.75, 3.05) is 12.8 Å². The van der Waals surface area contributed by atoms with E-state index < -0.39 is 7.05 Å². The third-order valence-corrected chi connectivity index (χ3v) is 5.96. The minimum Gasteiger partial charge on any atom is -0.428 e. The average Bonchev–Trinajstić information content (AvgIpc) is 3.01. The summed E-state index contributed by atoms with van der Waals surface area (Å²) in [6.07, 6.45) is 7.04. The highest BCUT2D eigenvalue weighted by molar-refractivity contribution is 7.97. The van der Waals surface area contributed by atoms with E-state index in [1.807, 2.05) is 31.3 Å². The van der Waals surface area contributed by atoms with Gasteiger partial charge in [0.05, 0.1) is 5.71 Å². The molecule has 0 unspecified atom stereocenters. The van der Waals surface area contributed by atoms with Crippen LogP contribution >= 0.6 is 11.9 Å². The Bertz CT molecular complexity index is 773. The van der Waals surface area contributed by atoms with Crippen molar-refractivity contribution in [1.82, 2.24) is 19.6 Å². The van der Waals surface area contributed by atoms with Crippen LogP contribution in [0.4, 0.5) is 0 Å². The van der Waals surface area contributed by atoms with E-state index >= 15 is 0 Å². The molecule has 2 aromatic heterocycles. The summed E-state index contributed by atoms with van der Waals surface area (Å²) in [5.74, 6) is 1.58. The lowest BCUT2D eigenvalue weighted by Crippen LogP contribution is -2.53. The number of fused-ring (bicyclic) bond motifs is 3. The van der Waals surface area contributed by atoms with E-state index in [-0.39, 0.29) is 0 Å². The molecular formula is C16H22BN5OS. The predicted octanol–water partition coefficient (Wildman–Crippen LogP) is 1.33. The Morgan fingerprint density at radius 1 is 1.50 bits per heavy atom. The Kier molecular flexibility index (Phi) is 4.28. The van der Waals surface area contributed by atoms with Gasteiger partial charge in [0, 0.05) is 53.6 Å². The first-order valence-corrected chi connectivity index (χ1v) is 9.50. The number of rotatable bonds is 5. The van der Waals surface area contributed by atoms with Gasteiger partial charge in [-0.2, -0.15) is 5.10 Å². The maximum Gasteiger partial charge on any atom is 0.468 e. The van der Waals surface area contributed by atoms with E-state index in [0.29, 0.717) is 12.0 Å². The smallest absolute Gasteiger partial charge is 0.428 e. The number of hydrogen-bond donors (Lipinski definition) is 3. The van der Waals surface area contributed by atoms with Crippen molar-refractivity contribution >= 4 is 41.2 Å². The van der Waals surface area contributed by atoms with Crippen LogP contribution in [0.5, 0.6) is 0 Å². The maximum absolute atomic E-state index is 10.5. The number of nitrogens with zero attached hydrogens (tertiary/aromatic N) is 3. The monoisotopic (exact) mass is 343 g/mol. The van der Waals surface area contributed by atoms with Crippen LogP contribution in [0.15, 0.2) is 23.6 Å². The van der Waals surface area contributed by atoms with Gasteiger partial charge in [-0.15, -0.1) is 0 Å². The molecular weight excluding hydrogens is 321 g/mol. The molecule has 0 bridgehead atoms. The minimum atomic E-state index is -0.732. The fourth-order valence-electron chi connectivity index (χ4n) is 3.48. The van der Waals surface area contributed by atoms with E-state index in [1.54, 1.807) is 11.1 Å². The molecule has 0 amide bonds. The van der Waals surface area contributed by atoms with Gasteiger partial charge in [-0.25, -0.2) is 4.98 Å². The third kappa shape index (κ3) is 2.62. The van der Waals surface area contributed by atoms with E-state index in [9.17, 15) is 5.02 Å². The molecule has 0 radical (unpaired) electrons. The van der Waals surface area contributed by atoms with Crippen molar-refractivity contribution in [3.8, 4) is 0 Å². The van der Waals surface area contributed by atoms with Crippen LogP contribution in [0, 0.1) is 5.92 Å². The molecule has 4 rings (SSSR count). The summed E-state index contributed by atoms with van der Waals surface area (Å²) >= 11 is 1.82. The SMILES string of the molecule is CCCSNC1CC(C2=NN(C)B(O)c3cnc4[nH]ccc4c32)C1. The van der Waals surface area contributed by atoms with Gasteiger partial charge in [-0.1, -0.05) is 18.9 Å². The van der Waals surface area contributed by atoms with Gasteiger partial charge in [0.15, 0.2) is 0 Å². The number of hydrazone groups is 1. The van der Waals surface area contributed by atoms with Gasteiger partial charge in [0.1, 0.15) is 5.65 Å². The average molecular weight is 343 g/mol. The second-order valence-corrected chi connectivity index (χ2v) is 7.53. The second kappa shape index (κ2) is 6.42. The molecule has 1 fully saturated rings. The zero-order valence-corrected chi connectivity index (χ0v) is 14.8. The number of pyridine rings is 1. The summed E-state index contributed by atoms with van der Waals surface area (Å²) < 4.78 is 3.55. The van der Waals surface area contributed by atoms with Crippen LogP contribution in [0.1, 0.15) is 31.7 Å². The van der Waals surface area contributed by atoms with Gasteiger partial charge in [-0.05, 0) is 25.3 Å². The number of aromatic nitrogens is 2. The normalized spacial score (nSPS) is 23.2. The molecule has 1 aliphatic heterocycles. The predicted molar refractivity (Wildman–Crippen MR) is 100 cm³/mol. The first-order valence-electron chi connectivity index (χ1n) is 8.52. The molecule has 0 spiro atoms. The summed E-state index contributed by atoms with van der Waals surface area (Å²) in [7, 11) is 1.09. The Balaban J connectivity index is 1.61. The van der Waals surface area contributed by atoms with Crippen LogP contribution in [0.3, 0.4) is 0 Å². The highest BCUT2D eigenvalue weighted by Gasteiger charge is 2.40. The van der Waals surface area contributed by atoms with Gasteiger partial charge in [0.2, 0.25) is 0 Å². The molecule has 0 atom stereocenters. The Morgan fingerprint density at radius 3 is 3.12 bits per heavy atom. The van der Waals surface area contributed by atoms with Crippen molar-refractivity contribution in [3.63, 3.8) is 0 Å². The summed E-state index contributed by atoms with van der Waals surface area (Å²) in [5, 5.41) is 16.2. The van der Waals surface area contributed by atoms with Gasteiger partial charge in [0.25, 0.3) is 0 Å². The molecule has 3 N–H and O–H groups in total. The summed E-state index contributed by atoms with van der Waals surface area (Å²) in [6, 6.07) is 2.58. The number of aromatic amines is 1. The maximum atomic E-state index is 10.5. The first-order chi connectivity index (χ1) is 11.7. The lowest BCUT2D eigenvalue weighted by molar-refractivity contribution is 0.321. The number of nitrogens with one attached hydrogen (secondary N) is 2. The topological polar surface area (TPSA) is 76.5 Å². The molecule has 1 aliphatic carbocycles. The Labute approximate surface area is 146 Å². The van der Waals surface area contributed by atoms with E-state index in [1.165, 1.54) is 6.42 Å². The van der Waals surface area contributed by atoms with Crippen LogP contribution in [-0.4, -0.2) is 51.5 Å². The fraction of sp³-hybridized carbons (Fsp3) is 0.500. The summed E-state index contributed by atoms with van der Waals surface area (Å²) in [5.41, 5.74) is 3.86. The highest BCUT2D eigenvalue weighted by Crippen LogP contribution is 2.35. The molecule has 3 heterocycles. The zero-order chi connectivity index (χ0) is 16.7. The number of hydrogen-bond acceptors (Lipinski definition) is 6. The molecule has 2 aromatic rings. The summed E-state index contributed by atoms with van der Waals surface area (Å²) in [4.78, 5) is 9.23. The largest absolute Gasteiger partial charge is 0.468 e. The van der Waals surface area contributed by atoms with Crippen molar-refractivity contribution in [1.29, 1.82) is 0 Å². The Hall–Kier alpha value is -1.51. The second-order valence-electron chi connectivity index (χ2n) is 6.59. The molecule has 0 aromatic carbocycles. The van der Waals surface area contributed by atoms with E-state index in [2.05, 4.69) is 21.6 Å². The quantitative estimate of drug-likeness (QED) is 0.434. The Morgan fingerprint density at radius 2 is 2.33 bits per heavy atom. The minimum absolute atomic E-state index is 0.430. The third-order valence-electron chi connectivity index (χ3n) is 4.85.